The molecule has 19 heavy (non-hydrogen) atoms. The molecule has 0 fully saturated rings. The van der Waals surface area contributed by atoms with E-state index in [0.717, 1.165) is 29.4 Å². The predicted molar refractivity (Wildman–Crippen MR) is 81.3 cm³/mol. The third kappa shape index (κ3) is 4.18. The van der Waals surface area contributed by atoms with Crippen molar-refractivity contribution in [2.75, 3.05) is 18.5 Å². The molecule has 0 heterocycles. The summed E-state index contributed by atoms with van der Waals surface area (Å²) in [6.45, 7) is 3.54. The van der Waals surface area contributed by atoms with E-state index in [9.17, 15) is 0 Å². The number of hydrogen-bond acceptors (Lipinski definition) is 2. The number of anilines is 1. The summed E-state index contributed by atoms with van der Waals surface area (Å²) in [4.78, 5) is 0. The van der Waals surface area contributed by atoms with Gasteiger partial charge in [-0.05, 0) is 42.3 Å². The van der Waals surface area contributed by atoms with Crippen LogP contribution >= 0.6 is 11.6 Å². The van der Waals surface area contributed by atoms with Crippen LogP contribution in [0.15, 0.2) is 48.5 Å². The Hall–Kier alpha value is -1.67. The lowest BCUT2D eigenvalue weighted by molar-refractivity contribution is 0.329. The Labute approximate surface area is 119 Å². The van der Waals surface area contributed by atoms with Crippen LogP contribution in [0.1, 0.15) is 12.5 Å². The highest BCUT2D eigenvalue weighted by molar-refractivity contribution is 6.30. The smallest absolute Gasteiger partial charge is 0.122 e. The zero-order chi connectivity index (χ0) is 13.5. The molecule has 0 amide bonds. The largest absolute Gasteiger partial charge is 0.491 e. The molecule has 1 N–H and O–H groups in total. The van der Waals surface area contributed by atoms with E-state index in [-0.39, 0.29) is 0 Å². The van der Waals surface area contributed by atoms with Crippen LogP contribution < -0.4 is 10.1 Å². The van der Waals surface area contributed by atoms with Crippen LogP contribution in [-0.2, 0) is 6.42 Å². The Morgan fingerprint density at radius 3 is 2.53 bits per heavy atom. The standard InChI is InChI=1S/C16H18ClNO/c1-2-13-5-3-4-6-16(13)19-12-11-18-15-9-7-14(17)8-10-15/h3-10,18H,2,11-12H2,1H3. The van der Waals surface area contributed by atoms with Gasteiger partial charge in [-0.15, -0.1) is 0 Å². The van der Waals surface area contributed by atoms with Crippen molar-refractivity contribution < 1.29 is 4.74 Å². The molecule has 2 nitrogen and oxygen atoms in total. The van der Waals surface area contributed by atoms with Gasteiger partial charge in [-0.25, -0.2) is 0 Å². The molecule has 0 saturated heterocycles. The fourth-order valence-electron chi connectivity index (χ4n) is 1.86. The molecule has 0 unspecified atom stereocenters. The molecule has 0 bridgehead atoms. The number of halogens is 1. The van der Waals surface area contributed by atoms with Crippen LogP contribution in [0.4, 0.5) is 5.69 Å². The summed E-state index contributed by atoms with van der Waals surface area (Å²) in [7, 11) is 0. The molecule has 2 aromatic carbocycles. The topological polar surface area (TPSA) is 21.3 Å². The van der Waals surface area contributed by atoms with Gasteiger partial charge in [0.15, 0.2) is 0 Å². The summed E-state index contributed by atoms with van der Waals surface area (Å²) in [5.41, 5.74) is 2.30. The predicted octanol–water partition coefficient (Wildman–Crippen LogP) is 4.39. The van der Waals surface area contributed by atoms with Gasteiger partial charge in [0.05, 0.1) is 0 Å². The average molecular weight is 276 g/mol. The summed E-state index contributed by atoms with van der Waals surface area (Å²) < 4.78 is 5.78. The summed E-state index contributed by atoms with van der Waals surface area (Å²) in [6, 6.07) is 15.8. The molecule has 0 aliphatic heterocycles. The molecular weight excluding hydrogens is 258 g/mol. The number of benzene rings is 2. The van der Waals surface area contributed by atoms with Gasteiger partial charge in [0.1, 0.15) is 12.4 Å². The maximum Gasteiger partial charge on any atom is 0.122 e. The maximum atomic E-state index is 5.83. The summed E-state index contributed by atoms with van der Waals surface area (Å²) in [5.74, 6) is 0.975. The number of ether oxygens (including phenoxy) is 1. The minimum absolute atomic E-state index is 0.639. The molecule has 0 aliphatic carbocycles. The average Bonchev–Trinajstić information content (AvgIpc) is 2.46. The Bertz CT molecular complexity index is 510. The van der Waals surface area contributed by atoms with E-state index in [1.165, 1.54) is 5.56 Å². The van der Waals surface area contributed by atoms with E-state index in [2.05, 4.69) is 18.3 Å². The van der Waals surface area contributed by atoms with Gasteiger partial charge in [0.2, 0.25) is 0 Å². The number of rotatable bonds is 6. The molecule has 0 aliphatic rings. The molecule has 2 aromatic rings. The lowest BCUT2D eigenvalue weighted by atomic mass is 10.1. The number of para-hydroxylation sites is 1. The van der Waals surface area contributed by atoms with Crippen molar-refractivity contribution in [2.45, 2.75) is 13.3 Å². The fraction of sp³-hybridized carbons (Fsp3) is 0.250. The quantitative estimate of drug-likeness (QED) is 0.789. The Morgan fingerprint density at radius 1 is 1.05 bits per heavy atom. The van der Waals surface area contributed by atoms with Gasteiger partial charge in [0, 0.05) is 17.3 Å². The zero-order valence-electron chi connectivity index (χ0n) is 11.0. The first-order valence-electron chi connectivity index (χ1n) is 6.49. The first kappa shape index (κ1) is 13.8. The highest BCUT2D eigenvalue weighted by Gasteiger charge is 2.00. The van der Waals surface area contributed by atoms with Crippen LogP contribution in [0.3, 0.4) is 0 Å². The molecular formula is C16H18ClNO. The van der Waals surface area contributed by atoms with E-state index < -0.39 is 0 Å². The highest BCUT2D eigenvalue weighted by atomic mass is 35.5. The first-order chi connectivity index (χ1) is 9.29. The highest BCUT2D eigenvalue weighted by Crippen LogP contribution is 2.18. The second kappa shape index (κ2) is 7.05. The van der Waals surface area contributed by atoms with E-state index in [4.69, 9.17) is 16.3 Å². The van der Waals surface area contributed by atoms with Crippen LogP contribution in [0.5, 0.6) is 5.75 Å². The maximum absolute atomic E-state index is 5.83. The number of nitrogens with one attached hydrogen (secondary N) is 1. The summed E-state index contributed by atoms with van der Waals surface area (Å²) >= 11 is 5.83. The Kier molecular flexibility index (Phi) is 5.10. The van der Waals surface area contributed by atoms with Crippen molar-refractivity contribution in [3.63, 3.8) is 0 Å². The molecule has 0 aromatic heterocycles. The lowest BCUT2D eigenvalue weighted by Gasteiger charge is -2.11. The van der Waals surface area contributed by atoms with E-state index in [0.29, 0.717) is 6.61 Å². The second-order valence-electron chi connectivity index (χ2n) is 4.24. The van der Waals surface area contributed by atoms with Gasteiger partial charge in [-0.3, -0.25) is 0 Å². The number of hydrogen-bond donors (Lipinski definition) is 1. The van der Waals surface area contributed by atoms with Crippen molar-refractivity contribution >= 4 is 17.3 Å². The van der Waals surface area contributed by atoms with Crippen LogP contribution in [0.2, 0.25) is 5.02 Å². The second-order valence-corrected chi connectivity index (χ2v) is 4.68. The molecule has 0 spiro atoms. The zero-order valence-corrected chi connectivity index (χ0v) is 11.8. The van der Waals surface area contributed by atoms with Gasteiger partial charge >= 0.3 is 0 Å². The molecule has 2 rings (SSSR count). The van der Waals surface area contributed by atoms with Gasteiger partial charge < -0.3 is 10.1 Å². The van der Waals surface area contributed by atoms with Gasteiger partial charge in [-0.2, -0.15) is 0 Å². The van der Waals surface area contributed by atoms with Crippen molar-refractivity contribution in [1.82, 2.24) is 0 Å². The molecule has 100 valence electrons. The normalized spacial score (nSPS) is 10.2. The van der Waals surface area contributed by atoms with Crippen molar-refractivity contribution in [3.05, 3.63) is 59.1 Å². The van der Waals surface area contributed by atoms with Crippen molar-refractivity contribution in [1.29, 1.82) is 0 Å². The molecule has 0 saturated carbocycles. The van der Waals surface area contributed by atoms with Crippen LogP contribution in [0.25, 0.3) is 0 Å². The monoisotopic (exact) mass is 275 g/mol. The van der Waals surface area contributed by atoms with E-state index >= 15 is 0 Å². The molecule has 0 radical (unpaired) electrons. The lowest BCUT2D eigenvalue weighted by Crippen LogP contribution is -2.12. The van der Waals surface area contributed by atoms with Gasteiger partial charge in [-0.1, -0.05) is 36.7 Å². The SMILES string of the molecule is CCc1ccccc1OCCNc1ccc(Cl)cc1. The minimum atomic E-state index is 0.639. The van der Waals surface area contributed by atoms with Crippen molar-refractivity contribution in [2.24, 2.45) is 0 Å². The third-order valence-corrected chi connectivity index (χ3v) is 3.14. The van der Waals surface area contributed by atoms with E-state index in [1.807, 2.05) is 42.5 Å². The molecule has 3 heteroatoms. The Morgan fingerprint density at radius 2 is 1.79 bits per heavy atom. The van der Waals surface area contributed by atoms with Gasteiger partial charge in [0.25, 0.3) is 0 Å². The third-order valence-electron chi connectivity index (χ3n) is 2.89. The molecule has 0 atom stereocenters. The van der Waals surface area contributed by atoms with Crippen molar-refractivity contribution in [3.8, 4) is 5.75 Å². The van der Waals surface area contributed by atoms with Crippen LogP contribution in [0, 0.1) is 0 Å². The van der Waals surface area contributed by atoms with E-state index in [1.54, 1.807) is 0 Å². The minimum Gasteiger partial charge on any atom is -0.491 e. The summed E-state index contributed by atoms with van der Waals surface area (Å²) in [5, 5.41) is 4.04. The fourth-order valence-corrected chi connectivity index (χ4v) is 1.99. The number of aryl methyl sites for hydroxylation is 1. The van der Waals surface area contributed by atoms with Crippen LogP contribution in [-0.4, -0.2) is 13.2 Å². The summed E-state index contributed by atoms with van der Waals surface area (Å²) in [6.07, 6.45) is 0.987. The Balaban J connectivity index is 1.79. The first-order valence-corrected chi connectivity index (χ1v) is 6.87.